The normalized spacial score (nSPS) is 16.9. The summed E-state index contributed by atoms with van der Waals surface area (Å²) in [6, 6.07) is 14.3. The lowest BCUT2D eigenvalue weighted by Crippen LogP contribution is -2.32. The number of nitrogens with zero attached hydrogens (tertiary/aromatic N) is 1. The van der Waals surface area contributed by atoms with E-state index in [9.17, 15) is 9.59 Å². The van der Waals surface area contributed by atoms with Crippen molar-refractivity contribution >= 4 is 17.5 Å². The van der Waals surface area contributed by atoms with Crippen LogP contribution >= 0.6 is 0 Å². The van der Waals surface area contributed by atoms with Crippen molar-refractivity contribution in [3.05, 3.63) is 64.7 Å². The van der Waals surface area contributed by atoms with Crippen molar-refractivity contribution in [2.24, 2.45) is 5.92 Å². The molecule has 3 rings (SSSR count). The molecule has 2 aromatic carbocycles. The van der Waals surface area contributed by atoms with Gasteiger partial charge in [0.05, 0.1) is 5.92 Å². The van der Waals surface area contributed by atoms with Gasteiger partial charge in [0, 0.05) is 25.2 Å². The molecule has 1 aliphatic rings. The van der Waals surface area contributed by atoms with Crippen LogP contribution in [-0.2, 0) is 16.1 Å². The summed E-state index contributed by atoms with van der Waals surface area (Å²) in [5, 5.41) is 2.98. The van der Waals surface area contributed by atoms with Crippen LogP contribution in [0.25, 0.3) is 0 Å². The van der Waals surface area contributed by atoms with Gasteiger partial charge in [-0.1, -0.05) is 44.2 Å². The van der Waals surface area contributed by atoms with Gasteiger partial charge in [0.15, 0.2) is 0 Å². The Balaban J connectivity index is 1.59. The third-order valence-electron chi connectivity index (χ3n) is 5.41. The van der Waals surface area contributed by atoms with Gasteiger partial charge in [0.2, 0.25) is 11.8 Å². The molecule has 0 unspecified atom stereocenters. The monoisotopic (exact) mass is 364 g/mol. The van der Waals surface area contributed by atoms with Crippen molar-refractivity contribution < 1.29 is 9.59 Å². The number of hydrogen-bond acceptors (Lipinski definition) is 2. The van der Waals surface area contributed by atoms with Crippen LogP contribution in [0.15, 0.2) is 42.5 Å². The molecule has 142 valence electrons. The van der Waals surface area contributed by atoms with Crippen LogP contribution < -0.4 is 10.2 Å². The zero-order chi connectivity index (χ0) is 19.6. The van der Waals surface area contributed by atoms with E-state index in [-0.39, 0.29) is 24.2 Å². The van der Waals surface area contributed by atoms with E-state index in [1.165, 1.54) is 11.1 Å². The second-order valence-corrected chi connectivity index (χ2v) is 7.79. The SMILES string of the molecule is Cc1ccc(N2C[C@H](C(=O)NCc3ccc(C(C)C)cc3)CC2=O)cc1C. The van der Waals surface area contributed by atoms with Gasteiger partial charge in [-0.15, -0.1) is 0 Å². The predicted molar refractivity (Wildman–Crippen MR) is 109 cm³/mol. The molecular formula is C23H28N2O2. The van der Waals surface area contributed by atoms with Crippen LogP contribution in [0, 0.1) is 19.8 Å². The molecule has 27 heavy (non-hydrogen) atoms. The first kappa shape index (κ1) is 19.2. The molecule has 0 spiro atoms. The molecule has 0 aliphatic carbocycles. The second kappa shape index (κ2) is 7.95. The molecule has 1 fully saturated rings. The van der Waals surface area contributed by atoms with Crippen molar-refractivity contribution in [2.45, 2.75) is 46.6 Å². The van der Waals surface area contributed by atoms with Crippen molar-refractivity contribution in [1.82, 2.24) is 5.32 Å². The second-order valence-electron chi connectivity index (χ2n) is 7.79. The Bertz CT molecular complexity index is 840. The summed E-state index contributed by atoms with van der Waals surface area (Å²) in [7, 11) is 0. The third-order valence-corrected chi connectivity index (χ3v) is 5.41. The van der Waals surface area contributed by atoms with Crippen molar-refractivity contribution in [2.75, 3.05) is 11.4 Å². The minimum atomic E-state index is -0.297. The highest BCUT2D eigenvalue weighted by molar-refractivity contribution is 6.00. The number of benzene rings is 2. The first-order valence-corrected chi connectivity index (χ1v) is 9.59. The molecular weight excluding hydrogens is 336 g/mol. The number of carbonyl (C=O) groups is 2. The van der Waals surface area contributed by atoms with Crippen LogP contribution in [0.5, 0.6) is 0 Å². The molecule has 1 saturated heterocycles. The number of rotatable bonds is 5. The first-order chi connectivity index (χ1) is 12.8. The van der Waals surface area contributed by atoms with Gasteiger partial charge in [-0.3, -0.25) is 9.59 Å². The van der Waals surface area contributed by atoms with Gasteiger partial charge < -0.3 is 10.2 Å². The van der Waals surface area contributed by atoms with Crippen LogP contribution in [0.3, 0.4) is 0 Å². The van der Waals surface area contributed by atoms with Crippen molar-refractivity contribution in [1.29, 1.82) is 0 Å². The summed E-state index contributed by atoms with van der Waals surface area (Å²) in [6.45, 7) is 9.35. The van der Waals surface area contributed by atoms with E-state index in [4.69, 9.17) is 0 Å². The van der Waals surface area contributed by atoms with Gasteiger partial charge in [-0.05, 0) is 54.2 Å². The van der Waals surface area contributed by atoms with E-state index < -0.39 is 0 Å². The zero-order valence-electron chi connectivity index (χ0n) is 16.6. The molecule has 0 bridgehead atoms. The van der Waals surface area contributed by atoms with E-state index >= 15 is 0 Å². The molecule has 1 atom stereocenters. The highest BCUT2D eigenvalue weighted by Crippen LogP contribution is 2.27. The number of amides is 2. The molecule has 0 radical (unpaired) electrons. The Hall–Kier alpha value is -2.62. The van der Waals surface area contributed by atoms with Crippen LogP contribution in [0.4, 0.5) is 5.69 Å². The quantitative estimate of drug-likeness (QED) is 0.868. The predicted octanol–water partition coefficient (Wildman–Crippen LogP) is 4.10. The maximum Gasteiger partial charge on any atom is 0.227 e. The summed E-state index contributed by atoms with van der Waals surface area (Å²) in [6.07, 6.45) is 0.269. The molecule has 4 heteroatoms. The van der Waals surface area contributed by atoms with Gasteiger partial charge >= 0.3 is 0 Å². The first-order valence-electron chi connectivity index (χ1n) is 9.59. The molecule has 2 aromatic rings. The molecule has 1 aliphatic heterocycles. The largest absolute Gasteiger partial charge is 0.352 e. The Morgan fingerprint density at radius 2 is 1.81 bits per heavy atom. The van der Waals surface area contributed by atoms with Gasteiger partial charge in [-0.2, -0.15) is 0 Å². The standard InChI is InChI=1S/C23H28N2O2/c1-15(2)19-8-6-18(7-9-19)13-24-23(27)20-12-22(26)25(14-20)21-10-5-16(3)17(4)11-21/h5-11,15,20H,12-14H2,1-4H3,(H,24,27)/t20-/m1/s1. The fraction of sp³-hybridized carbons (Fsp3) is 0.391. The number of hydrogen-bond donors (Lipinski definition) is 1. The lowest BCUT2D eigenvalue weighted by atomic mass is 10.0. The van der Waals surface area contributed by atoms with Crippen LogP contribution in [0.1, 0.15) is 48.4 Å². The maximum absolute atomic E-state index is 12.5. The summed E-state index contributed by atoms with van der Waals surface area (Å²) in [4.78, 5) is 26.7. The topological polar surface area (TPSA) is 49.4 Å². The fourth-order valence-electron chi connectivity index (χ4n) is 3.38. The number of aryl methyl sites for hydroxylation is 2. The molecule has 2 amide bonds. The van der Waals surface area contributed by atoms with Crippen molar-refractivity contribution in [3.63, 3.8) is 0 Å². The van der Waals surface area contributed by atoms with Gasteiger partial charge in [0.25, 0.3) is 0 Å². The van der Waals surface area contributed by atoms with Gasteiger partial charge in [0.1, 0.15) is 0 Å². The Labute approximate surface area is 161 Å². The van der Waals surface area contributed by atoms with Crippen LogP contribution in [0.2, 0.25) is 0 Å². The number of anilines is 1. The molecule has 0 saturated carbocycles. The molecule has 1 N–H and O–H groups in total. The summed E-state index contributed by atoms with van der Waals surface area (Å²) >= 11 is 0. The average molecular weight is 364 g/mol. The van der Waals surface area contributed by atoms with E-state index in [0.717, 1.165) is 16.8 Å². The minimum Gasteiger partial charge on any atom is -0.352 e. The molecule has 0 aromatic heterocycles. The van der Waals surface area contributed by atoms with E-state index in [0.29, 0.717) is 19.0 Å². The summed E-state index contributed by atoms with van der Waals surface area (Å²) in [5.41, 5.74) is 5.59. The van der Waals surface area contributed by atoms with Crippen LogP contribution in [-0.4, -0.2) is 18.4 Å². The lowest BCUT2D eigenvalue weighted by Gasteiger charge is -2.18. The smallest absolute Gasteiger partial charge is 0.227 e. The van der Waals surface area contributed by atoms with Gasteiger partial charge in [-0.25, -0.2) is 0 Å². The summed E-state index contributed by atoms with van der Waals surface area (Å²) < 4.78 is 0. The minimum absolute atomic E-state index is 0.0136. The third kappa shape index (κ3) is 4.38. The Morgan fingerprint density at radius 1 is 1.11 bits per heavy atom. The van der Waals surface area contributed by atoms with E-state index in [1.807, 2.05) is 25.1 Å². The number of nitrogens with one attached hydrogen (secondary N) is 1. The lowest BCUT2D eigenvalue weighted by molar-refractivity contribution is -0.126. The van der Waals surface area contributed by atoms with E-state index in [1.54, 1.807) is 4.90 Å². The number of carbonyl (C=O) groups excluding carboxylic acids is 2. The Morgan fingerprint density at radius 3 is 2.44 bits per heavy atom. The van der Waals surface area contributed by atoms with E-state index in [2.05, 4.69) is 50.4 Å². The average Bonchev–Trinajstić information content (AvgIpc) is 3.04. The highest BCUT2D eigenvalue weighted by atomic mass is 16.2. The van der Waals surface area contributed by atoms with Crippen molar-refractivity contribution in [3.8, 4) is 0 Å². The zero-order valence-corrected chi connectivity index (χ0v) is 16.6. The highest BCUT2D eigenvalue weighted by Gasteiger charge is 2.35. The fourth-order valence-corrected chi connectivity index (χ4v) is 3.38. The Kier molecular flexibility index (Phi) is 5.64. The summed E-state index contributed by atoms with van der Waals surface area (Å²) in [5.74, 6) is 0.158. The molecule has 4 nitrogen and oxygen atoms in total. The maximum atomic E-state index is 12.5. The molecule has 1 heterocycles.